The molecule has 1 unspecified atom stereocenters. The maximum absolute atomic E-state index is 13.6. The minimum Gasteiger partial charge on any atom is -0.345 e. The number of nitrogens with zero attached hydrogens (tertiary/aromatic N) is 2. The van der Waals surface area contributed by atoms with Crippen molar-refractivity contribution < 1.29 is 9.18 Å². The number of benzene rings is 2. The Morgan fingerprint density at radius 1 is 1.26 bits per heavy atom. The van der Waals surface area contributed by atoms with Gasteiger partial charge in [0.2, 0.25) is 0 Å². The van der Waals surface area contributed by atoms with E-state index in [4.69, 9.17) is 0 Å². The molecule has 0 saturated carbocycles. The summed E-state index contributed by atoms with van der Waals surface area (Å²) < 4.78 is 13.6. The highest BCUT2D eigenvalue weighted by Crippen LogP contribution is 2.30. The normalized spacial score (nSPS) is 16.0. The lowest BCUT2D eigenvalue weighted by Crippen LogP contribution is -2.31. The van der Waals surface area contributed by atoms with Crippen LogP contribution in [0.5, 0.6) is 0 Å². The highest BCUT2D eigenvalue weighted by Gasteiger charge is 2.22. The van der Waals surface area contributed by atoms with Crippen molar-refractivity contribution in [2.24, 2.45) is 0 Å². The van der Waals surface area contributed by atoms with Crippen molar-refractivity contribution in [1.82, 2.24) is 20.5 Å². The monoisotopic (exact) mass is 382 g/mol. The van der Waals surface area contributed by atoms with Crippen molar-refractivity contribution in [2.75, 3.05) is 0 Å². The molecule has 5 nitrogen and oxygen atoms in total. The Kier molecular flexibility index (Phi) is 5.20. The molecule has 3 aromatic rings. The molecule has 1 amide bonds. The number of carbonyl (C=O) groups is 1. The zero-order valence-corrected chi connectivity index (χ0v) is 15.4. The Balaban J connectivity index is 1.41. The summed E-state index contributed by atoms with van der Waals surface area (Å²) in [7, 11) is 0. The molecule has 4 rings (SSSR count). The van der Waals surface area contributed by atoms with Gasteiger partial charge in [-0.25, -0.2) is 9.37 Å². The van der Waals surface area contributed by atoms with Gasteiger partial charge in [0.1, 0.15) is 12.1 Å². The molecule has 0 aliphatic heterocycles. The van der Waals surface area contributed by atoms with E-state index in [9.17, 15) is 9.18 Å². The maximum Gasteiger partial charge on any atom is 0.251 e. The zero-order valence-electron chi connectivity index (χ0n) is 14.6. The van der Waals surface area contributed by atoms with E-state index in [0.717, 1.165) is 46.9 Å². The van der Waals surface area contributed by atoms with E-state index in [1.54, 1.807) is 17.8 Å². The van der Waals surface area contributed by atoms with Crippen LogP contribution in [0.3, 0.4) is 0 Å². The van der Waals surface area contributed by atoms with Crippen LogP contribution < -0.4 is 5.32 Å². The largest absolute Gasteiger partial charge is 0.345 e. The lowest BCUT2D eigenvalue weighted by molar-refractivity contribution is 0.0932. The fourth-order valence-corrected chi connectivity index (χ4v) is 4.06. The Bertz CT molecular complexity index is 928. The van der Waals surface area contributed by atoms with Crippen molar-refractivity contribution in [3.8, 4) is 0 Å². The molecule has 1 heterocycles. The Morgan fingerprint density at radius 2 is 2.11 bits per heavy atom. The van der Waals surface area contributed by atoms with Crippen LogP contribution in [0, 0.1) is 5.82 Å². The first kappa shape index (κ1) is 17.7. The standard InChI is InChI=1S/C20H19FN4OS/c21-16-9-8-14-2-1-3-18(17(14)10-16)24-19(26)15-6-4-13(5-7-15)11-27-20-22-12-23-25-20/h4-10,12,18H,1-3,11H2,(H,24,26)(H,22,23,25). The molecule has 0 bridgehead atoms. The Labute approximate surface area is 160 Å². The minimum absolute atomic E-state index is 0.133. The third-order valence-corrected chi connectivity index (χ3v) is 5.66. The van der Waals surface area contributed by atoms with E-state index in [-0.39, 0.29) is 17.8 Å². The SMILES string of the molecule is O=C(NC1CCCc2ccc(F)cc21)c1ccc(CSc2ncn[nH]2)cc1. The van der Waals surface area contributed by atoms with Gasteiger partial charge in [0.05, 0.1) is 6.04 Å². The second-order valence-corrected chi connectivity index (χ2v) is 7.50. The van der Waals surface area contributed by atoms with Gasteiger partial charge in [-0.3, -0.25) is 9.89 Å². The van der Waals surface area contributed by atoms with E-state index in [0.29, 0.717) is 5.56 Å². The van der Waals surface area contributed by atoms with Crippen LogP contribution in [0.15, 0.2) is 53.9 Å². The van der Waals surface area contributed by atoms with Crippen molar-refractivity contribution in [2.45, 2.75) is 36.2 Å². The predicted molar refractivity (Wildman–Crippen MR) is 102 cm³/mol. The molecular weight excluding hydrogens is 363 g/mol. The molecular formula is C20H19FN4OS. The van der Waals surface area contributed by atoms with Crippen molar-refractivity contribution >= 4 is 17.7 Å². The van der Waals surface area contributed by atoms with Crippen LogP contribution in [0.4, 0.5) is 4.39 Å². The molecule has 7 heteroatoms. The number of carbonyl (C=O) groups excluding carboxylic acids is 1. The zero-order chi connectivity index (χ0) is 18.6. The topological polar surface area (TPSA) is 70.7 Å². The van der Waals surface area contributed by atoms with E-state index in [1.165, 1.54) is 12.4 Å². The van der Waals surface area contributed by atoms with E-state index in [2.05, 4.69) is 20.5 Å². The first-order valence-corrected chi connectivity index (χ1v) is 9.84. The number of aromatic nitrogens is 3. The quantitative estimate of drug-likeness (QED) is 0.653. The van der Waals surface area contributed by atoms with Crippen molar-refractivity contribution in [3.63, 3.8) is 0 Å². The van der Waals surface area contributed by atoms with Crippen LogP contribution in [0.25, 0.3) is 0 Å². The lowest BCUT2D eigenvalue weighted by Gasteiger charge is -2.26. The van der Waals surface area contributed by atoms with Gasteiger partial charge in [-0.1, -0.05) is 30.0 Å². The van der Waals surface area contributed by atoms with Gasteiger partial charge in [0.25, 0.3) is 5.91 Å². The number of thioether (sulfide) groups is 1. The number of nitrogens with one attached hydrogen (secondary N) is 2. The summed E-state index contributed by atoms with van der Waals surface area (Å²) in [5.41, 5.74) is 3.72. The molecule has 0 spiro atoms. The van der Waals surface area contributed by atoms with Gasteiger partial charge in [-0.15, -0.1) is 0 Å². The van der Waals surface area contributed by atoms with Crippen molar-refractivity contribution in [1.29, 1.82) is 0 Å². The summed E-state index contributed by atoms with van der Waals surface area (Å²) >= 11 is 1.55. The summed E-state index contributed by atoms with van der Waals surface area (Å²) in [4.78, 5) is 16.7. The van der Waals surface area contributed by atoms with Gasteiger partial charge in [-0.2, -0.15) is 5.10 Å². The molecule has 0 fully saturated rings. The van der Waals surface area contributed by atoms with E-state index in [1.807, 2.05) is 30.3 Å². The highest BCUT2D eigenvalue weighted by atomic mass is 32.2. The number of hydrogen-bond donors (Lipinski definition) is 2. The molecule has 2 aromatic carbocycles. The molecule has 0 radical (unpaired) electrons. The summed E-state index contributed by atoms with van der Waals surface area (Å²) in [6.45, 7) is 0. The first-order valence-electron chi connectivity index (χ1n) is 8.85. The number of rotatable bonds is 5. The van der Waals surface area contributed by atoms with Gasteiger partial charge in [-0.05, 0) is 60.2 Å². The molecule has 1 aliphatic rings. The summed E-state index contributed by atoms with van der Waals surface area (Å²) in [6.07, 6.45) is 4.22. The maximum atomic E-state index is 13.6. The number of amides is 1. The van der Waals surface area contributed by atoms with Crippen LogP contribution in [-0.4, -0.2) is 21.1 Å². The number of aromatic amines is 1. The summed E-state index contributed by atoms with van der Waals surface area (Å²) in [6, 6.07) is 12.2. The molecule has 1 aliphatic carbocycles. The third-order valence-electron chi connectivity index (χ3n) is 4.71. The van der Waals surface area contributed by atoms with E-state index < -0.39 is 0 Å². The number of fused-ring (bicyclic) bond motifs is 1. The van der Waals surface area contributed by atoms with Gasteiger partial charge < -0.3 is 5.32 Å². The second kappa shape index (κ2) is 7.92. The average Bonchev–Trinajstić information content (AvgIpc) is 3.21. The second-order valence-electron chi connectivity index (χ2n) is 6.54. The van der Waals surface area contributed by atoms with Gasteiger partial charge in [0, 0.05) is 11.3 Å². The lowest BCUT2D eigenvalue weighted by atomic mass is 9.87. The first-order chi connectivity index (χ1) is 13.2. The number of hydrogen-bond acceptors (Lipinski definition) is 4. The van der Waals surface area contributed by atoms with Gasteiger partial charge in [0.15, 0.2) is 5.16 Å². The molecule has 138 valence electrons. The van der Waals surface area contributed by atoms with Crippen LogP contribution in [0.2, 0.25) is 0 Å². The van der Waals surface area contributed by atoms with Crippen molar-refractivity contribution in [3.05, 3.63) is 76.9 Å². The molecule has 1 aromatic heterocycles. The molecule has 0 saturated heterocycles. The number of halogens is 1. The Hall–Kier alpha value is -2.67. The fourth-order valence-electron chi connectivity index (χ4n) is 3.33. The third kappa shape index (κ3) is 4.19. The van der Waals surface area contributed by atoms with Crippen LogP contribution in [-0.2, 0) is 12.2 Å². The number of aryl methyl sites for hydroxylation is 1. The molecule has 2 N–H and O–H groups in total. The molecule has 1 atom stereocenters. The van der Waals surface area contributed by atoms with E-state index >= 15 is 0 Å². The molecule has 27 heavy (non-hydrogen) atoms. The minimum atomic E-state index is -0.261. The Morgan fingerprint density at radius 3 is 2.89 bits per heavy atom. The van der Waals surface area contributed by atoms with Crippen LogP contribution >= 0.6 is 11.8 Å². The number of H-pyrrole nitrogens is 1. The van der Waals surface area contributed by atoms with Crippen LogP contribution in [0.1, 0.15) is 45.9 Å². The average molecular weight is 382 g/mol. The predicted octanol–water partition coefficient (Wildman–Crippen LogP) is 4.04. The fraction of sp³-hybridized carbons (Fsp3) is 0.250. The summed E-state index contributed by atoms with van der Waals surface area (Å²) in [5, 5.41) is 10.4. The highest BCUT2D eigenvalue weighted by molar-refractivity contribution is 7.98. The van der Waals surface area contributed by atoms with Gasteiger partial charge >= 0.3 is 0 Å². The summed E-state index contributed by atoms with van der Waals surface area (Å²) in [5.74, 6) is 0.349. The smallest absolute Gasteiger partial charge is 0.251 e.